The Kier molecular flexibility index (Phi) is 6.13. The molecule has 1 aliphatic heterocycles. The van der Waals surface area contributed by atoms with Crippen LogP contribution in [0.25, 0.3) is 22.4 Å². The normalized spacial score (nSPS) is 14.0. The molecule has 4 nitrogen and oxygen atoms in total. The van der Waals surface area contributed by atoms with Gasteiger partial charge < -0.3 is 9.47 Å². The van der Waals surface area contributed by atoms with Crippen molar-refractivity contribution in [2.24, 2.45) is 0 Å². The zero-order valence-corrected chi connectivity index (χ0v) is 19.8. The summed E-state index contributed by atoms with van der Waals surface area (Å²) in [5.41, 5.74) is 6.93. The van der Waals surface area contributed by atoms with Gasteiger partial charge in [0.2, 0.25) is 0 Å². The molecule has 2 heterocycles. The van der Waals surface area contributed by atoms with E-state index < -0.39 is 0 Å². The third kappa shape index (κ3) is 4.19. The van der Waals surface area contributed by atoms with Gasteiger partial charge in [-0.3, -0.25) is 5.41 Å². The number of benzene rings is 3. The molecule has 0 spiro atoms. The van der Waals surface area contributed by atoms with E-state index in [0.717, 1.165) is 53.2 Å². The van der Waals surface area contributed by atoms with Crippen molar-refractivity contribution in [2.45, 2.75) is 26.3 Å². The largest absolute Gasteiger partial charge is 0.373 e. The fourth-order valence-corrected chi connectivity index (χ4v) is 4.80. The molecule has 1 N–H and O–H groups in total. The third-order valence-electron chi connectivity index (χ3n) is 6.56. The van der Waals surface area contributed by atoms with Crippen LogP contribution in [-0.2, 0) is 6.54 Å². The van der Waals surface area contributed by atoms with Gasteiger partial charge >= 0.3 is 0 Å². The van der Waals surface area contributed by atoms with Crippen LogP contribution >= 0.6 is 0 Å². The lowest BCUT2D eigenvalue weighted by atomic mass is 9.90. The average molecular weight is 447 g/mol. The molecule has 1 aromatic heterocycles. The number of imidazole rings is 1. The number of allylic oxidation sites excluding steroid dienone is 2. The number of nitrogens with one attached hydrogen (secondary N) is 1. The number of hydrogen-bond acceptors (Lipinski definition) is 3. The topological polar surface area (TPSA) is 44.9 Å². The van der Waals surface area contributed by atoms with Crippen LogP contribution in [0.4, 0.5) is 0 Å². The molecular formula is C30H30N4. The SMILES string of the molecule is CCn1c(-c2ccc(C(=N)c3ccccc3C(C)CN3C=CC=CC3)cc2)nc2ccccc21. The minimum absolute atomic E-state index is 0.316. The van der Waals surface area contributed by atoms with E-state index in [0.29, 0.717) is 11.6 Å². The van der Waals surface area contributed by atoms with Gasteiger partial charge in [-0.05, 0) is 42.8 Å². The monoisotopic (exact) mass is 446 g/mol. The summed E-state index contributed by atoms with van der Waals surface area (Å²) in [7, 11) is 0. The lowest BCUT2D eigenvalue weighted by Gasteiger charge is -2.26. The van der Waals surface area contributed by atoms with Crippen LogP contribution in [0.1, 0.15) is 36.5 Å². The van der Waals surface area contributed by atoms with Gasteiger partial charge in [0.25, 0.3) is 0 Å². The molecule has 34 heavy (non-hydrogen) atoms. The highest BCUT2D eigenvalue weighted by Gasteiger charge is 2.17. The van der Waals surface area contributed by atoms with E-state index >= 15 is 0 Å². The summed E-state index contributed by atoms with van der Waals surface area (Å²) in [5, 5.41) is 9.01. The zero-order chi connectivity index (χ0) is 23.5. The predicted octanol–water partition coefficient (Wildman–Crippen LogP) is 6.63. The number of rotatable bonds is 7. The van der Waals surface area contributed by atoms with Gasteiger partial charge in [0.05, 0.1) is 16.7 Å². The maximum absolute atomic E-state index is 9.01. The summed E-state index contributed by atoms with van der Waals surface area (Å²) in [6.45, 7) is 7.12. The van der Waals surface area contributed by atoms with E-state index in [-0.39, 0.29) is 0 Å². The van der Waals surface area contributed by atoms with E-state index in [4.69, 9.17) is 10.4 Å². The number of hydrogen-bond donors (Lipinski definition) is 1. The van der Waals surface area contributed by atoms with Crippen molar-refractivity contribution in [3.63, 3.8) is 0 Å². The highest BCUT2D eigenvalue weighted by Crippen LogP contribution is 2.27. The van der Waals surface area contributed by atoms with Crippen LogP contribution in [0, 0.1) is 5.41 Å². The lowest BCUT2D eigenvalue weighted by Crippen LogP contribution is -2.24. The van der Waals surface area contributed by atoms with Gasteiger partial charge in [-0.1, -0.05) is 79.7 Å². The Balaban J connectivity index is 1.41. The highest BCUT2D eigenvalue weighted by molar-refractivity contribution is 6.12. The first-order valence-corrected chi connectivity index (χ1v) is 12.0. The first kappa shape index (κ1) is 21.9. The molecule has 0 saturated carbocycles. The second-order valence-electron chi connectivity index (χ2n) is 8.83. The minimum atomic E-state index is 0.316. The van der Waals surface area contributed by atoms with Crippen molar-refractivity contribution in [3.05, 3.63) is 114 Å². The Morgan fingerprint density at radius 1 is 0.971 bits per heavy atom. The second-order valence-corrected chi connectivity index (χ2v) is 8.83. The van der Waals surface area contributed by atoms with Crippen molar-refractivity contribution >= 4 is 16.7 Å². The van der Waals surface area contributed by atoms with Crippen molar-refractivity contribution in [1.29, 1.82) is 5.41 Å². The number of para-hydroxylation sites is 2. The molecular weight excluding hydrogens is 416 g/mol. The number of aryl methyl sites for hydroxylation is 1. The van der Waals surface area contributed by atoms with E-state index in [1.807, 2.05) is 12.1 Å². The number of nitrogens with zero attached hydrogens (tertiary/aromatic N) is 3. The fraction of sp³-hybridized carbons (Fsp3) is 0.200. The summed E-state index contributed by atoms with van der Waals surface area (Å²) in [4.78, 5) is 7.19. The first-order valence-electron chi connectivity index (χ1n) is 12.0. The Hall–Kier alpha value is -3.92. The summed E-state index contributed by atoms with van der Waals surface area (Å²) >= 11 is 0. The highest BCUT2D eigenvalue weighted by atomic mass is 15.1. The van der Waals surface area contributed by atoms with Gasteiger partial charge in [0, 0.05) is 36.3 Å². The maximum atomic E-state index is 9.01. The Labute approximate surface area is 201 Å². The van der Waals surface area contributed by atoms with Gasteiger partial charge in [-0.15, -0.1) is 0 Å². The van der Waals surface area contributed by atoms with E-state index in [9.17, 15) is 0 Å². The molecule has 170 valence electrons. The molecule has 5 rings (SSSR count). The van der Waals surface area contributed by atoms with Gasteiger partial charge in [0.1, 0.15) is 5.82 Å². The predicted molar refractivity (Wildman–Crippen MR) is 141 cm³/mol. The van der Waals surface area contributed by atoms with Crippen LogP contribution < -0.4 is 0 Å². The molecule has 0 saturated heterocycles. The summed E-state index contributed by atoms with van der Waals surface area (Å²) in [6, 6.07) is 24.9. The average Bonchev–Trinajstić information content (AvgIpc) is 3.27. The molecule has 4 aromatic rings. The Bertz CT molecular complexity index is 1370. The van der Waals surface area contributed by atoms with Crippen LogP contribution in [0.15, 0.2) is 97.2 Å². The van der Waals surface area contributed by atoms with Crippen molar-refractivity contribution in [2.75, 3.05) is 13.1 Å². The molecule has 0 amide bonds. The molecule has 0 fully saturated rings. The van der Waals surface area contributed by atoms with Crippen molar-refractivity contribution < 1.29 is 0 Å². The molecule has 1 aliphatic rings. The van der Waals surface area contributed by atoms with E-state index in [1.165, 1.54) is 5.56 Å². The summed E-state index contributed by atoms with van der Waals surface area (Å²) in [5.74, 6) is 1.29. The molecule has 3 aromatic carbocycles. The summed E-state index contributed by atoms with van der Waals surface area (Å²) in [6.07, 6.45) is 8.49. The molecule has 4 heteroatoms. The molecule has 0 radical (unpaired) electrons. The van der Waals surface area contributed by atoms with Gasteiger partial charge in [-0.25, -0.2) is 4.98 Å². The van der Waals surface area contributed by atoms with E-state index in [2.05, 4.69) is 108 Å². The van der Waals surface area contributed by atoms with Crippen LogP contribution in [0.5, 0.6) is 0 Å². The van der Waals surface area contributed by atoms with E-state index in [1.54, 1.807) is 0 Å². The zero-order valence-electron chi connectivity index (χ0n) is 19.8. The fourth-order valence-electron chi connectivity index (χ4n) is 4.80. The minimum Gasteiger partial charge on any atom is -0.373 e. The molecule has 0 aliphatic carbocycles. The van der Waals surface area contributed by atoms with Crippen molar-refractivity contribution in [3.8, 4) is 11.4 Å². The van der Waals surface area contributed by atoms with Crippen molar-refractivity contribution in [1.82, 2.24) is 14.5 Å². The quantitative estimate of drug-likeness (QED) is 0.324. The van der Waals surface area contributed by atoms with Gasteiger partial charge in [-0.2, -0.15) is 0 Å². The Morgan fingerprint density at radius 2 is 1.74 bits per heavy atom. The number of fused-ring (bicyclic) bond motifs is 1. The third-order valence-corrected chi connectivity index (χ3v) is 6.56. The molecule has 1 unspecified atom stereocenters. The lowest BCUT2D eigenvalue weighted by molar-refractivity contribution is 0.386. The standard InChI is InChI=1S/C30H30N4/c1-3-34-28-14-8-7-13-27(28)32-30(34)24-17-15-23(16-18-24)29(31)26-12-6-5-11-25(26)22(2)21-33-19-9-4-10-20-33/h4-19,22,31H,3,20-21H2,1-2H3. The first-order chi connectivity index (χ1) is 16.7. The van der Waals surface area contributed by atoms with Crippen LogP contribution in [0.3, 0.4) is 0 Å². The van der Waals surface area contributed by atoms with Crippen LogP contribution in [0.2, 0.25) is 0 Å². The molecule has 0 bridgehead atoms. The molecule has 1 atom stereocenters. The van der Waals surface area contributed by atoms with Crippen LogP contribution in [-0.4, -0.2) is 33.3 Å². The second kappa shape index (κ2) is 9.52. The maximum Gasteiger partial charge on any atom is 0.141 e. The summed E-state index contributed by atoms with van der Waals surface area (Å²) < 4.78 is 2.25. The smallest absolute Gasteiger partial charge is 0.141 e. The van der Waals surface area contributed by atoms with Gasteiger partial charge in [0.15, 0.2) is 0 Å². The number of aromatic nitrogens is 2. The Morgan fingerprint density at radius 3 is 2.50 bits per heavy atom.